The first-order chi connectivity index (χ1) is 10.2. The number of urea groups is 1. The minimum atomic E-state index is -0.199. The molecule has 2 N–H and O–H groups in total. The van der Waals surface area contributed by atoms with Crippen molar-refractivity contribution in [1.29, 1.82) is 0 Å². The molecule has 2 fully saturated rings. The highest BCUT2D eigenvalue weighted by molar-refractivity contribution is 5.77. The molecule has 0 aliphatic heterocycles. The van der Waals surface area contributed by atoms with E-state index in [2.05, 4.69) is 10.6 Å². The summed E-state index contributed by atoms with van der Waals surface area (Å²) in [5.74, 6) is -0.394. The zero-order valence-electron chi connectivity index (χ0n) is 13.0. The Balaban J connectivity index is 1.87. The van der Waals surface area contributed by atoms with Crippen molar-refractivity contribution < 1.29 is 14.3 Å². The lowest BCUT2D eigenvalue weighted by atomic mass is 9.94. The van der Waals surface area contributed by atoms with Crippen LogP contribution in [0.1, 0.15) is 64.2 Å². The molecule has 0 aromatic carbocycles. The average Bonchev–Trinajstić information content (AvgIpc) is 2.73. The van der Waals surface area contributed by atoms with E-state index in [0.717, 1.165) is 44.9 Å². The van der Waals surface area contributed by atoms with E-state index in [-0.39, 0.29) is 24.0 Å². The molecule has 2 saturated carbocycles. The van der Waals surface area contributed by atoms with E-state index in [1.54, 1.807) is 0 Å². The van der Waals surface area contributed by atoms with Crippen LogP contribution in [0.4, 0.5) is 4.79 Å². The Morgan fingerprint density at radius 3 is 2.14 bits per heavy atom. The fraction of sp³-hybridized carbons (Fsp3) is 0.875. The first kappa shape index (κ1) is 16.1. The second-order valence-corrected chi connectivity index (χ2v) is 6.33. The van der Waals surface area contributed by atoms with Crippen LogP contribution in [-0.2, 0) is 9.53 Å². The third kappa shape index (κ3) is 4.90. The molecule has 0 heterocycles. The van der Waals surface area contributed by atoms with E-state index in [4.69, 9.17) is 4.74 Å². The molecule has 0 spiro atoms. The molecule has 0 bridgehead atoms. The predicted octanol–water partition coefficient (Wildman–Crippen LogP) is 2.74. The minimum Gasteiger partial charge on any atom is -0.469 e. The normalized spacial score (nSPS) is 27.5. The van der Waals surface area contributed by atoms with Crippen molar-refractivity contribution in [2.24, 2.45) is 5.92 Å². The average molecular weight is 296 g/mol. The number of hydrogen-bond donors (Lipinski definition) is 2. The molecule has 120 valence electrons. The molecule has 2 amide bonds. The number of carbonyl (C=O) groups excluding carboxylic acids is 2. The fourth-order valence-corrected chi connectivity index (χ4v) is 3.56. The van der Waals surface area contributed by atoms with Crippen LogP contribution in [0.15, 0.2) is 0 Å². The summed E-state index contributed by atoms with van der Waals surface area (Å²) < 4.78 is 4.90. The molecule has 0 radical (unpaired) electrons. The van der Waals surface area contributed by atoms with Crippen molar-refractivity contribution in [1.82, 2.24) is 10.6 Å². The number of nitrogens with one attached hydrogen (secondary N) is 2. The van der Waals surface area contributed by atoms with Crippen LogP contribution in [0.2, 0.25) is 0 Å². The lowest BCUT2D eigenvalue weighted by Gasteiger charge is -2.27. The van der Waals surface area contributed by atoms with E-state index in [0.29, 0.717) is 6.04 Å². The molecule has 5 heteroatoms. The van der Waals surface area contributed by atoms with Crippen molar-refractivity contribution in [2.45, 2.75) is 76.3 Å². The highest BCUT2D eigenvalue weighted by Crippen LogP contribution is 2.25. The van der Waals surface area contributed by atoms with E-state index in [9.17, 15) is 9.59 Å². The van der Waals surface area contributed by atoms with Crippen LogP contribution in [0.3, 0.4) is 0 Å². The zero-order chi connectivity index (χ0) is 15.1. The van der Waals surface area contributed by atoms with Gasteiger partial charge in [-0.3, -0.25) is 4.79 Å². The van der Waals surface area contributed by atoms with E-state index in [1.807, 2.05) is 0 Å². The van der Waals surface area contributed by atoms with Crippen LogP contribution in [0.25, 0.3) is 0 Å². The Hall–Kier alpha value is -1.26. The van der Waals surface area contributed by atoms with E-state index >= 15 is 0 Å². The Labute approximate surface area is 127 Å². The molecule has 0 aromatic heterocycles. The highest BCUT2D eigenvalue weighted by atomic mass is 16.5. The van der Waals surface area contributed by atoms with Crippen molar-refractivity contribution in [3.8, 4) is 0 Å². The maximum atomic E-state index is 12.2. The minimum absolute atomic E-state index is 0.0939. The quantitative estimate of drug-likeness (QED) is 0.621. The number of ether oxygens (including phenoxy) is 1. The van der Waals surface area contributed by atoms with E-state index in [1.165, 1.54) is 26.4 Å². The zero-order valence-corrected chi connectivity index (χ0v) is 13.0. The summed E-state index contributed by atoms with van der Waals surface area (Å²) >= 11 is 0. The maximum absolute atomic E-state index is 12.2. The van der Waals surface area contributed by atoms with Crippen LogP contribution in [0, 0.1) is 5.92 Å². The third-order valence-electron chi connectivity index (χ3n) is 4.78. The molecule has 2 aliphatic carbocycles. The molecule has 5 nitrogen and oxygen atoms in total. The van der Waals surface area contributed by atoms with Crippen molar-refractivity contribution in [3.63, 3.8) is 0 Å². The first-order valence-corrected chi connectivity index (χ1v) is 8.35. The highest BCUT2D eigenvalue weighted by Gasteiger charge is 2.31. The fourth-order valence-electron chi connectivity index (χ4n) is 3.56. The van der Waals surface area contributed by atoms with Gasteiger partial charge in [-0.05, 0) is 25.7 Å². The second kappa shape index (κ2) is 8.25. The van der Waals surface area contributed by atoms with Gasteiger partial charge in [0.15, 0.2) is 0 Å². The van der Waals surface area contributed by atoms with Crippen molar-refractivity contribution in [2.75, 3.05) is 7.11 Å². The molecule has 0 aromatic rings. The Morgan fingerprint density at radius 2 is 1.48 bits per heavy atom. The number of amides is 2. The van der Waals surface area contributed by atoms with Gasteiger partial charge in [-0.1, -0.05) is 38.5 Å². The molecule has 2 atom stereocenters. The smallest absolute Gasteiger partial charge is 0.315 e. The van der Waals surface area contributed by atoms with Crippen LogP contribution >= 0.6 is 0 Å². The Morgan fingerprint density at radius 1 is 0.857 bits per heavy atom. The van der Waals surface area contributed by atoms with Gasteiger partial charge in [-0.15, -0.1) is 0 Å². The molecule has 2 unspecified atom stereocenters. The molecule has 21 heavy (non-hydrogen) atoms. The largest absolute Gasteiger partial charge is 0.469 e. The Bertz CT molecular complexity index is 353. The number of hydrogen-bond acceptors (Lipinski definition) is 3. The van der Waals surface area contributed by atoms with Crippen molar-refractivity contribution >= 4 is 12.0 Å². The molecule has 2 aliphatic rings. The SMILES string of the molecule is COC(=O)C1CCCCCC1NC(=O)NC1CCCCC1. The van der Waals surface area contributed by atoms with Gasteiger partial charge in [0.05, 0.1) is 13.0 Å². The maximum Gasteiger partial charge on any atom is 0.315 e. The van der Waals surface area contributed by atoms with Gasteiger partial charge in [0.2, 0.25) is 0 Å². The molecular weight excluding hydrogens is 268 g/mol. The van der Waals surface area contributed by atoms with Gasteiger partial charge in [0.1, 0.15) is 0 Å². The van der Waals surface area contributed by atoms with Crippen LogP contribution < -0.4 is 10.6 Å². The Kier molecular flexibility index (Phi) is 6.33. The standard InChI is InChI=1S/C16H28N2O3/c1-21-15(19)13-10-6-3-7-11-14(13)18-16(20)17-12-8-4-2-5-9-12/h12-14H,2-11H2,1H3,(H2,17,18,20). The lowest BCUT2D eigenvalue weighted by molar-refractivity contribution is -0.146. The second-order valence-electron chi connectivity index (χ2n) is 6.33. The summed E-state index contributed by atoms with van der Waals surface area (Å²) in [5.41, 5.74) is 0. The van der Waals surface area contributed by atoms with Crippen molar-refractivity contribution in [3.05, 3.63) is 0 Å². The predicted molar refractivity (Wildman–Crippen MR) is 80.9 cm³/mol. The number of rotatable bonds is 3. The van der Waals surface area contributed by atoms with Gasteiger partial charge in [-0.25, -0.2) is 4.79 Å². The summed E-state index contributed by atoms with van der Waals surface area (Å²) in [6, 6.07) is 0.0762. The van der Waals surface area contributed by atoms with Gasteiger partial charge in [-0.2, -0.15) is 0 Å². The molecular formula is C16H28N2O3. The van der Waals surface area contributed by atoms with Gasteiger partial charge in [0.25, 0.3) is 0 Å². The summed E-state index contributed by atoms with van der Waals surface area (Å²) in [4.78, 5) is 24.1. The van der Waals surface area contributed by atoms with E-state index < -0.39 is 0 Å². The summed E-state index contributed by atoms with van der Waals surface area (Å²) in [6.45, 7) is 0. The molecule has 2 rings (SSSR count). The molecule has 0 saturated heterocycles. The van der Waals surface area contributed by atoms with Gasteiger partial charge < -0.3 is 15.4 Å². The third-order valence-corrected chi connectivity index (χ3v) is 4.78. The van der Waals surface area contributed by atoms with Crippen LogP contribution in [0.5, 0.6) is 0 Å². The summed E-state index contributed by atoms with van der Waals surface area (Å²) in [6.07, 6.45) is 10.7. The number of methoxy groups -OCH3 is 1. The summed E-state index contributed by atoms with van der Waals surface area (Å²) in [7, 11) is 1.42. The van der Waals surface area contributed by atoms with Crippen LogP contribution in [-0.4, -0.2) is 31.2 Å². The number of esters is 1. The first-order valence-electron chi connectivity index (χ1n) is 8.35. The summed E-state index contributed by atoms with van der Waals surface area (Å²) in [5, 5.41) is 6.08. The number of carbonyl (C=O) groups is 2. The van der Waals surface area contributed by atoms with Gasteiger partial charge in [0, 0.05) is 12.1 Å². The lowest BCUT2D eigenvalue weighted by Crippen LogP contribution is -2.50. The van der Waals surface area contributed by atoms with Gasteiger partial charge >= 0.3 is 12.0 Å². The monoisotopic (exact) mass is 296 g/mol. The topological polar surface area (TPSA) is 67.4 Å².